The summed E-state index contributed by atoms with van der Waals surface area (Å²) in [5.74, 6) is 0.814. The first-order valence-corrected chi connectivity index (χ1v) is 4.64. The molecule has 1 rings (SSSR count). The highest BCUT2D eigenvalue weighted by atomic mass is 35.5. The van der Waals surface area contributed by atoms with Gasteiger partial charge in [0.05, 0.1) is 0 Å². The maximum Gasteiger partial charge on any atom is 0.109 e. The van der Waals surface area contributed by atoms with Gasteiger partial charge < -0.3 is 0 Å². The molecular weight excluding hydrogens is 144 g/mol. The maximum atomic E-state index is 10.8. The molecule has 0 N–H and O–H groups in total. The average molecular weight is 153 g/mol. The number of hydrogen-bond acceptors (Lipinski definition) is 1. The van der Waals surface area contributed by atoms with Crippen LogP contribution < -0.4 is 0 Å². The van der Waals surface area contributed by atoms with E-state index in [-0.39, 0.29) is 4.71 Å². The predicted octanol–water partition coefficient (Wildman–Crippen LogP) is 1.48. The third-order valence-corrected chi connectivity index (χ3v) is 3.62. The van der Waals surface area contributed by atoms with Gasteiger partial charge in [-0.3, -0.25) is 4.21 Å². The largest absolute Gasteiger partial charge is 0.258 e. The SMILES string of the molecule is O=S1CCCC[C@H]1Cl. The fourth-order valence-corrected chi connectivity index (χ4v) is 2.40. The Bertz CT molecular complexity index is 105. The summed E-state index contributed by atoms with van der Waals surface area (Å²) in [6, 6.07) is 0. The Morgan fingerprint density at radius 3 is 2.62 bits per heavy atom. The van der Waals surface area contributed by atoms with E-state index < -0.39 is 10.8 Å². The van der Waals surface area contributed by atoms with Crippen molar-refractivity contribution in [3.63, 3.8) is 0 Å². The van der Waals surface area contributed by atoms with Crippen molar-refractivity contribution in [3.8, 4) is 0 Å². The molecule has 1 unspecified atom stereocenters. The molecule has 48 valence electrons. The van der Waals surface area contributed by atoms with Crippen molar-refractivity contribution < 1.29 is 4.21 Å². The second kappa shape index (κ2) is 2.83. The summed E-state index contributed by atoms with van der Waals surface area (Å²) in [6.07, 6.45) is 3.18. The second-order valence-electron chi connectivity index (χ2n) is 1.99. The standard InChI is InChI=1S/C5H9ClOS/c6-5-3-1-2-4-8(5)7/h5H,1-4H2/t5-,8?/m0/s1. The Kier molecular flexibility index (Phi) is 2.32. The van der Waals surface area contributed by atoms with Crippen molar-refractivity contribution >= 4 is 22.4 Å². The summed E-state index contributed by atoms with van der Waals surface area (Å²) in [5, 5.41) is 0. The molecule has 3 heteroatoms. The van der Waals surface area contributed by atoms with Crippen LogP contribution in [0.3, 0.4) is 0 Å². The van der Waals surface area contributed by atoms with Crippen LogP contribution >= 0.6 is 11.6 Å². The molecule has 8 heavy (non-hydrogen) atoms. The van der Waals surface area contributed by atoms with Crippen LogP contribution in [0, 0.1) is 0 Å². The Morgan fingerprint density at radius 2 is 2.25 bits per heavy atom. The van der Waals surface area contributed by atoms with Crippen LogP contribution in [-0.2, 0) is 10.8 Å². The van der Waals surface area contributed by atoms with Crippen LogP contribution in [0.15, 0.2) is 0 Å². The molecule has 0 radical (unpaired) electrons. The molecule has 0 aliphatic carbocycles. The van der Waals surface area contributed by atoms with Crippen molar-refractivity contribution in [3.05, 3.63) is 0 Å². The molecule has 0 aromatic carbocycles. The Labute approximate surface area is 56.9 Å². The van der Waals surface area contributed by atoms with E-state index in [4.69, 9.17) is 11.6 Å². The zero-order chi connectivity index (χ0) is 5.98. The molecular formula is C5H9ClOS. The first-order valence-electron chi connectivity index (χ1n) is 2.82. The molecule has 0 saturated carbocycles. The fourth-order valence-electron chi connectivity index (χ4n) is 0.808. The van der Waals surface area contributed by atoms with Gasteiger partial charge in [-0.15, -0.1) is 11.6 Å². The smallest absolute Gasteiger partial charge is 0.109 e. The Morgan fingerprint density at radius 1 is 1.50 bits per heavy atom. The molecule has 0 aromatic heterocycles. The van der Waals surface area contributed by atoms with Crippen LogP contribution in [0.1, 0.15) is 19.3 Å². The van der Waals surface area contributed by atoms with E-state index >= 15 is 0 Å². The van der Waals surface area contributed by atoms with Gasteiger partial charge in [0.15, 0.2) is 0 Å². The molecule has 1 heterocycles. The van der Waals surface area contributed by atoms with E-state index in [9.17, 15) is 4.21 Å². The number of hydrogen-bond donors (Lipinski definition) is 0. The van der Waals surface area contributed by atoms with Crippen LogP contribution in [0.4, 0.5) is 0 Å². The van der Waals surface area contributed by atoms with Crippen molar-refractivity contribution in [1.82, 2.24) is 0 Å². The molecule has 0 spiro atoms. The molecule has 1 aliphatic rings. The molecule has 1 fully saturated rings. The molecule has 0 amide bonds. The van der Waals surface area contributed by atoms with Gasteiger partial charge in [-0.1, -0.05) is 6.42 Å². The van der Waals surface area contributed by atoms with E-state index in [2.05, 4.69) is 0 Å². The lowest BCUT2D eigenvalue weighted by molar-refractivity contribution is 0.649. The second-order valence-corrected chi connectivity index (χ2v) is 4.52. The quantitative estimate of drug-likeness (QED) is 0.481. The van der Waals surface area contributed by atoms with Gasteiger partial charge in [0.1, 0.15) is 4.71 Å². The number of rotatable bonds is 0. The first-order chi connectivity index (χ1) is 3.80. The third kappa shape index (κ3) is 1.46. The van der Waals surface area contributed by atoms with Crippen molar-refractivity contribution in [1.29, 1.82) is 0 Å². The van der Waals surface area contributed by atoms with E-state index in [0.717, 1.165) is 25.0 Å². The topological polar surface area (TPSA) is 17.1 Å². The molecule has 2 atom stereocenters. The van der Waals surface area contributed by atoms with Crippen molar-refractivity contribution in [2.45, 2.75) is 24.0 Å². The highest BCUT2D eigenvalue weighted by Crippen LogP contribution is 2.18. The number of alkyl halides is 1. The van der Waals surface area contributed by atoms with E-state index in [0.29, 0.717) is 0 Å². The normalized spacial score (nSPS) is 39.6. The van der Waals surface area contributed by atoms with Gasteiger partial charge in [0.25, 0.3) is 0 Å². The summed E-state index contributed by atoms with van der Waals surface area (Å²) in [6.45, 7) is 0. The van der Waals surface area contributed by atoms with Gasteiger partial charge in [0.2, 0.25) is 0 Å². The third-order valence-electron chi connectivity index (χ3n) is 1.31. The average Bonchev–Trinajstić information content (AvgIpc) is 1.77. The van der Waals surface area contributed by atoms with E-state index in [1.54, 1.807) is 0 Å². The van der Waals surface area contributed by atoms with Gasteiger partial charge in [-0.05, 0) is 12.8 Å². The maximum absolute atomic E-state index is 10.8. The summed E-state index contributed by atoms with van der Waals surface area (Å²) in [5.41, 5.74) is 0. The van der Waals surface area contributed by atoms with E-state index in [1.165, 1.54) is 0 Å². The Hall–Kier alpha value is 0.440. The summed E-state index contributed by atoms with van der Waals surface area (Å²) < 4.78 is 10.7. The van der Waals surface area contributed by atoms with Crippen LogP contribution in [-0.4, -0.2) is 14.7 Å². The molecule has 0 aromatic rings. The van der Waals surface area contributed by atoms with E-state index in [1.807, 2.05) is 0 Å². The van der Waals surface area contributed by atoms with Gasteiger partial charge in [-0.2, -0.15) is 0 Å². The minimum absolute atomic E-state index is 0.0521. The minimum Gasteiger partial charge on any atom is -0.258 e. The first kappa shape index (κ1) is 6.56. The lowest BCUT2D eigenvalue weighted by atomic mass is 10.3. The van der Waals surface area contributed by atoms with Crippen molar-refractivity contribution in [2.24, 2.45) is 0 Å². The lowest BCUT2D eigenvalue weighted by Gasteiger charge is -2.13. The van der Waals surface area contributed by atoms with Gasteiger partial charge >= 0.3 is 0 Å². The van der Waals surface area contributed by atoms with Crippen LogP contribution in [0.25, 0.3) is 0 Å². The van der Waals surface area contributed by atoms with Crippen LogP contribution in [0.5, 0.6) is 0 Å². The zero-order valence-electron chi connectivity index (χ0n) is 4.60. The van der Waals surface area contributed by atoms with Gasteiger partial charge in [0, 0.05) is 16.6 Å². The van der Waals surface area contributed by atoms with Crippen molar-refractivity contribution in [2.75, 3.05) is 5.75 Å². The molecule has 1 saturated heterocycles. The monoisotopic (exact) mass is 152 g/mol. The molecule has 1 aliphatic heterocycles. The van der Waals surface area contributed by atoms with Gasteiger partial charge in [-0.25, -0.2) is 0 Å². The Balaban J connectivity index is 2.39. The summed E-state index contributed by atoms with van der Waals surface area (Å²) in [4.78, 5) is 0. The summed E-state index contributed by atoms with van der Waals surface area (Å²) in [7, 11) is -0.720. The minimum atomic E-state index is -0.720. The predicted molar refractivity (Wildman–Crippen MR) is 36.5 cm³/mol. The zero-order valence-corrected chi connectivity index (χ0v) is 6.17. The lowest BCUT2D eigenvalue weighted by Crippen LogP contribution is -2.16. The molecule has 0 bridgehead atoms. The highest BCUT2D eigenvalue weighted by molar-refractivity contribution is 7.87. The number of halogens is 1. The summed E-state index contributed by atoms with van der Waals surface area (Å²) >= 11 is 5.67. The highest BCUT2D eigenvalue weighted by Gasteiger charge is 2.16. The molecule has 1 nitrogen and oxygen atoms in total. The van der Waals surface area contributed by atoms with Crippen LogP contribution in [0.2, 0.25) is 0 Å². The fraction of sp³-hybridized carbons (Fsp3) is 1.00.